The van der Waals surface area contributed by atoms with Crippen LogP contribution >= 0.6 is 0 Å². The average molecular weight is 308 g/mol. The Labute approximate surface area is 138 Å². The molecule has 2 nitrogen and oxygen atoms in total. The second kappa shape index (κ2) is 4.62. The molecule has 0 N–H and O–H groups in total. The van der Waals surface area contributed by atoms with E-state index in [2.05, 4.69) is 30.3 Å². The molecule has 0 amide bonds. The predicted molar refractivity (Wildman–Crippen MR) is 97.3 cm³/mol. The van der Waals surface area contributed by atoms with E-state index in [-0.39, 0.29) is 0 Å². The Morgan fingerprint density at radius 3 is 2.21 bits per heavy atom. The topological polar surface area (TPSA) is 34.1 Å². The number of ketones is 2. The van der Waals surface area contributed by atoms with E-state index < -0.39 is 11.6 Å². The SMILES string of the molecule is O=C1C=Cc2ccc3cc4c(ccc5ccccc54)cc3c2C1=O. The second-order valence-electron chi connectivity index (χ2n) is 6.14. The van der Waals surface area contributed by atoms with E-state index in [1.165, 1.54) is 16.8 Å². The molecular weight excluding hydrogens is 296 g/mol. The Kier molecular flexibility index (Phi) is 2.54. The summed E-state index contributed by atoms with van der Waals surface area (Å²) in [6.07, 6.45) is 3.08. The predicted octanol–water partition coefficient (Wildman–Crippen LogP) is 4.92. The van der Waals surface area contributed by atoms with Crippen molar-refractivity contribution in [3.05, 3.63) is 77.9 Å². The van der Waals surface area contributed by atoms with E-state index in [4.69, 9.17) is 0 Å². The smallest absolute Gasteiger partial charge is 0.234 e. The van der Waals surface area contributed by atoms with Gasteiger partial charge in [-0.2, -0.15) is 0 Å². The van der Waals surface area contributed by atoms with Gasteiger partial charge in [0.1, 0.15) is 0 Å². The minimum absolute atomic E-state index is 0.418. The van der Waals surface area contributed by atoms with Crippen molar-refractivity contribution in [1.82, 2.24) is 0 Å². The minimum Gasteiger partial charge on any atom is -0.286 e. The van der Waals surface area contributed by atoms with Crippen LogP contribution < -0.4 is 0 Å². The zero-order valence-electron chi connectivity index (χ0n) is 12.7. The lowest BCUT2D eigenvalue weighted by molar-refractivity contribution is -0.110. The van der Waals surface area contributed by atoms with Crippen LogP contribution in [-0.2, 0) is 4.79 Å². The van der Waals surface area contributed by atoms with Crippen LogP contribution in [-0.4, -0.2) is 11.6 Å². The van der Waals surface area contributed by atoms with Gasteiger partial charge in [0.25, 0.3) is 0 Å². The third-order valence-corrected chi connectivity index (χ3v) is 4.78. The number of carbonyl (C=O) groups is 2. The third-order valence-electron chi connectivity index (χ3n) is 4.78. The molecule has 5 rings (SSSR count). The van der Waals surface area contributed by atoms with Crippen LogP contribution in [0.5, 0.6) is 0 Å². The highest BCUT2D eigenvalue weighted by atomic mass is 16.2. The van der Waals surface area contributed by atoms with Crippen molar-refractivity contribution in [2.24, 2.45) is 0 Å². The Bertz CT molecular complexity index is 1230. The van der Waals surface area contributed by atoms with Crippen molar-refractivity contribution in [3.8, 4) is 0 Å². The molecule has 0 spiro atoms. The van der Waals surface area contributed by atoms with Gasteiger partial charge in [-0.25, -0.2) is 0 Å². The van der Waals surface area contributed by atoms with Crippen molar-refractivity contribution in [2.75, 3.05) is 0 Å². The Morgan fingerprint density at radius 2 is 1.29 bits per heavy atom. The van der Waals surface area contributed by atoms with Crippen molar-refractivity contribution in [2.45, 2.75) is 0 Å². The van der Waals surface area contributed by atoms with Crippen molar-refractivity contribution in [1.29, 1.82) is 0 Å². The molecular formula is C22H12O2. The number of fused-ring (bicyclic) bond motifs is 6. The summed E-state index contributed by atoms with van der Waals surface area (Å²) < 4.78 is 0. The largest absolute Gasteiger partial charge is 0.286 e. The second-order valence-corrected chi connectivity index (χ2v) is 6.14. The van der Waals surface area contributed by atoms with Gasteiger partial charge in [0.15, 0.2) is 0 Å². The molecule has 0 heterocycles. The zero-order valence-corrected chi connectivity index (χ0v) is 12.7. The molecule has 4 aromatic rings. The van der Waals surface area contributed by atoms with Crippen molar-refractivity contribution in [3.63, 3.8) is 0 Å². The molecule has 112 valence electrons. The van der Waals surface area contributed by atoms with Crippen LogP contribution in [0, 0.1) is 0 Å². The highest BCUT2D eigenvalue weighted by Crippen LogP contribution is 2.33. The zero-order chi connectivity index (χ0) is 16.3. The first-order chi connectivity index (χ1) is 11.7. The standard InChI is InChI=1S/C22H12O2/c23-20-10-9-14-6-8-16-11-18-15(12-19(16)21(14)22(20)24)7-5-13-3-1-2-4-17(13)18/h1-12H. The first kappa shape index (κ1) is 13.2. The van der Waals surface area contributed by atoms with Crippen LogP contribution in [0.15, 0.2) is 66.7 Å². The molecule has 0 atom stereocenters. The van der Waals surface area contributed by atoms with Gasteiger partial charge in [0, 0.05) is 5.56 Å². The van der Waals surface area contributed by atoms with Crippen molar-refractivity contribution >= 4 is 50.0 Å². The van der Waals surface area contributed by atoms with Gasteiger partial charge >= 0.3 is 0 Å². The maximum Gasteiger partial charge on any atom is 0.234 e. The van der Waals surface area contributed by atoms with Gasteiger partial charge in [-0.1, -0.05) is 54.6 Å². The van der Waals surface area contributed by atoms with E-state index in [0.29, 0.717) is 5.56 Å². The lowest BCUT2D eigenvalue weighted by Crippen LogP contribution is -2.16. The summed E-state index contributed by atoms with van der Waals surface area (Å²) in [5.74, 6) is -0.869. The molecule has 1 aliphatic rings. The maximum absolute atomic E-state index is 12.4. The number of Topliss-reactive ketones (excluding diaryl/α,β-unsaturated/α-hetero) is 1. The molecule has 0 aliphatic heterocycles. The fraction of sp³-hybridized carbons (Fsp3) is 0. The monoisotopic (exact) mass is 308 g/mol. The summed E-state index contributed by atoms with van der Waals surface area (Å²) in [4.78, 5) is 24.2. The van der Waals surface area contributed by atoms with E-state index in [0.717, 1.165) is 27.1 Å². The summed E-state index contributed by atoms with van der Waals surface area (Å²) in [7, 11) is 0. The molecule has 0 saturated heterocycles. The summed E-state index contributed by atoms with van der Waals surface area (Å²) in [6.45, 7) is 0. The number of hydrogen-bond acceptors (Lipinski definition) is 2. The highest BCUT2D eigenvalue weighted by Gasteiger charge is 2.23. The van der Waals surface area contributed by atoms with E-state index >= 15 is 0 Å². The first-order valence-electron chi connectivity index (χ1n) is 7.87. The average Bonchev–Trinajstić information content (AvgIpc) is 2.62. The molecule has 0 fully saturated rings. The Balaban J connectivity index is 1.95. The normalized spacial score (nSPS) is 13.8. The molecule has 4 aromatic carbocycles. The van der Waals surface area contributed by atoms with Gasteiger partial charge in [-0.15, -0.1) is 0 Å². The summed E-state index contributed by atoms with van der Waals surface area (Å²) in [5.41, 5.74) is 1.34. The molecule has 2 heteroatoms. The Morgan fingerprint density at radius 1 is 0.583 bits per heavy atom. The minimum atomic E-state index is -0.450. The van der Waals surface area contributed by atoms with Crippen LogP contribution in [0.25, 0.3) is 38.4 Å². The third kappa shape index (κ3) is 1.71. The molecule has 0 saturated carbocycles. The van der Waals surface area contributed by atoms with Gasteiger partial charge in [0.05, 0.1) is 0 Å². The number of benzene rings is 4. The molecule has 0 bridgehead atoms. The molecule has 24 heavy (non-hydrogen) atoms. The number of rotatable bonds is 0. The molecule has 1 aliphatic carbocycles. The van der Waals surface area contributed by atoms with Gasteiger partial charge < -0.3 is 0 Å². The van der Waals surface area contributed by atoms with E-state index in [1.807, 2.05) is 30.3 Å². The van der Waals surface area contributed by atoms with Crippen LogP contribution in [0.2, 0.25) is 0 Å². The lowest BCUT2D eigenvalue weighted by atomic mass is 9.88. The van der Waals surface area contributed by atoms with Crippen molar-refractivity contribution < 1.29 is 9.59 Å². The number of allylic oxidation sites excluding steroid dienone is 1. The molecule has 0 aromatic heterocycles. The lowest BCUT2D eigenvalue weighted by Gasteiger charge is -2.13. The summed E-state index contributed by atoms with van der Waals surface area (Å²) in [6, 6.07) is 20.5. The maximum atomic E-state index is 12.4. The quantitative estimate of drug-likeness (QED) is 0.262. The fourth-order valence-corrected chi connectivity index (χ4v) is 3.60. The highest BCUT2D eigenvalue weighted by molar-refractivity contribution is 6.51. The van der Waals surface area contributed by atoms with Crippen LogP contribution in [0.1, 0.15) is 15.9 Å². The van der Waals surface area contributed by atoms with E-state index in [1.54, 1.807) is 6.08 Å². The van der Waals surface area contributed by atoms with Gasteiger partial charge in [-0.3, -0.25) is 9.59 Å². The van der Waals surface area contributed by atoms with Gasteiger partial charge in [0.2, 0.25) is 11.6 Å². The molecule has 0 radical (unpaired) electrons. The van der Waals surface area contributed by atoms with Gasteiger partial charge in [-0.05, 0) is 56.1 Å². The Hall–Kier alpha value is -3.26. The number of carbonyl (C=O) groups excluding carboxylic acids is 2. The molecule has 0 unspecified atom stereocenters. The summed E-state index contributed by atoms with van der Waals surface area (Å²) in [5, 5.41) is 6.44. The van der Waals surface area contributed by atoms with Crippen LogP contribution in [0.4, 0.5) is 0 Å². The number of hydrogen-bond donors (Lipinski definition) is 0. The summed E-state index contributed by atoms with van der Waals surface area (Å²) >= 11 is 0. The van der Waals surface area contributed by atoms with E-state index in [9.17, 15) is 9.59 Å². The first-order valence-corrected chi connectivity index (χ1v) is 7.87. The van der Waals surface area contributed by atoms with Crippen LogP contribution in [0.3, 0.4) is 0 Å². The fourth-order valence-electron chi connectivity index (χ4n) is 3.60.